The van der Waals surface area contributed by atoms with Crippen molar-refractivity contribution < 1.29 is 14.5 Å². The number of benzene rings is 1. The fraction of sp³-hybridized carbons (Fsp3) is 0.368. The first-order valence-electron chi connectivity index (χ1n) is 8.84. The van der Waals surface area contributed by atoms with E-state index in [4.69, 9.17) is 4.74 Å². The highest BCUT2D eigenvalue weighted by Gasteiger charge is 2.23. The lowest BCUT2D eigenvalue weighted by Crippen LogP contribution is -2.38. The largest absolute Gasteiger partial charge is 0.378 e. The van der Waals surface area contributed by atoms with E-state index in [1.54, 1.807) is 30.5 Å². The Balaban J connectivity index is 2.13. The number of ether oxygens (including phenoxy) is 1. The molecule has 0 bridgehead atoms. The standard InChI is InChI=1S/C19H22N4O4/c1-14(2)20-18-5-3-4-8-22(18)19(24)16-13-15(23(25)26)6-7-17(16)21-9-11-27-12-10-21/h3-8,13-14H,9-12H2,1-2H3. The summed E-state index contributed by atoms with van der Waals surface area (Å²) in [5.41, 5.74) is 1.34. The molecule has 27 heavy (non-hydrogen) atoms. The summed E-state index contributed by atoms with van der Waals surface area (Å²) in [5, 5.41) is 11.2. The number of rotatable bonds is 4. The predicted molar refractivity (Wildman–Crippen MR) is 101 cm³/mol. The highest BCUT2D eigenvalue weighted by molar-refractivity contribution is 6.01. The number of hydrogen-bond acceptors (Lipinski definition) is 6. The maximum absolute atomic E-state index is 13.3. The van der Waals surface area contributed by atoms with Crippen LogP contribution < -0.4 is 10.4 Å². The maximum Gasteiger partial charge on any atom is 0.270 e. The van der Waals surface area contributed by atoms with Crippen LogP contribution in [0.4, 0.5) is 11.4 Å². The summed E-state index contributed by atoms with van der Waals surface area (Å²) in [6, 6.07) is 9.71. The number of anilines is 1. The van der Waals surface area contributed by atoms with Crippen LogP contribution in [0.15, 0.2) is 47.6 Å². The van der Waals surface area contributed by atoms with Gasteiger partial charge in [-0.15, -0.1) is 0 Å². The van der Waals surface area contributed by atoms with Crippen LogP contribution in [-0.2, 0) is 4.74 Å². The van der Waals surface area contributed by atoms with Crippen LogP contribution in [-0.4, -0.2) is 47.7 Å². The zero-order valence-electron chi connectivity index (χ0n) is 15.4. The molecule has 0 amide bonds. The zero-order chi connectivity index (χ0) is 19.4. The summed E-state index contributed by atoms with van der Waals surface area (Å²) in [6.45, 7) is 6.21. The average molecular weight is 370 g/mol. The van der Waals surface area contributed by atoms with E-state index in [9.17, 15) is 14.9 Å². The van der Waals surface area contributed by atoms with Gasteiger partial charge < -0.3 is 9.64 Å². The summed E-state index contributed by atoms with van der Waals surface area (Å²) in [7, 11) is 0. The summed E-state index contributed by atoms with van der Waals surface area (Å²) in [6.07, 6.45) is 1.63. The first-order chi connectivity index (χ1) is 13.0. The van der Waals surface area contributed by atoms with Crippen LogP contribution in [0.5, 0.6) is 0 Å². The molecule has 0 saturated carbocycles. The van der Waals surface area contributed by atoms with E-state index < -0.39 is 4.92 Å². The zero-order valence-corrected chi connectivity index (χ0v) is 15.4. The molecule has 2 aromatic rings. The van der Waals surface area contributed by atoms with E-state index in [0.717, 1.165) is 0 Å². The molecular weight excluding hydrogens is 348 g/mol. The lowest BCUT2D eigenvalue weighted by Gasteiger charge is -2.30. The van der Waals surface area contributed by atoms with E-state index in [1.807, 2.05) is 18.7 Å². The number of non-ortho nitro benzene ring substituents is 1. The van der Waals surface area contributed by atoms with Crippen LogP contribution in [0.3, 0.4) is 0 Å². The van der Waals surface area contributed by atoms with Crippen molar-refractivity contribution in [2.75, 3.05) is 31.2 Å². The number of pyridine rings is 1. The first-order valence-corrected chi connectivity index (χ1v) is 8.84. The molecule has 1 fully saturated rings. The normalized spacial score (nSPS) is 15.2. The second-order valence-corrected chi connectivity index (χ2v) is 6.51. The molecule has 1 aliphatic rings. The van der Waals surface area contributed by atoms with E-state index in [-0.39, 0.29) is 23.2 Å². The lowest BCUT2D eigenvalue weighted by molar-refractivity contribution is -0.384. The van der Waals surface area contributed by atoms with Crippen molar-refractivity contribution in [3.8, 4) is 0 Å². The molecule has 3 rings (SSSR count). The SMILES string of the molecule is CC(C)N=c1ccccn1C(=O)c1cc([N+](=O)[O-])ccc1N1CCOCC1. The lowest BCUT2D eigenvalue weighted by atomic mass is 10.1. The number of hydrogen-bond donors (Lipinski definition) is 0. The fourth-order valence-electron chi connectivity index (χ4n) is 2.99. The molecule has 8 nitrogen and oxygen atoms in total. The van der Waals surface area contributed by atoms with Gasteiger partial charge in [-0.2, -0.15) is 0 Å². The number of nitro benzene ring substituents is 1. The number of nitro groups is 1. The van der Waals surface area contributed by atoms with E-state index in [2.05, 4.69) is 4.99 Å². The Hall–Kier alpha value is -3.00. The molecule has 8 heteroatoms. The molecule has 142 valence electrons. The Labute approximate surface area is 156 Å². The molecule has 0 spiro atoms. The van der Waals surface area contributed by atoms with E-state index in [1.165, 1.54) is 16.7 Å². The van der Waals surface area contributed by atoms with E-state index in [0.29, 0.717) is 37.5 Å². The molecule has 0 radical (unpaired) electrons. The third kappa shape index (κ3) is 4.22. The van der Waals surface area contributed by atoms with Crippen molar-refractivity contribution in [2.45, 2.75) is 19.9 Å². The second kappa shape index (κ2) is 8.13. The third-order valence-corrected chi connectivity index (χ3v) is 4.22. The Morgan fingerprint density at radius 3 is 2.63 bits per heavy atom. The average Bonchev–Trinajstić information content (AvgIpc) is 2.67. The summed E-state index contributed by atoms with van der Waals surface area (Å²) in [4.78, 5) is 30.6. The Morgan fingerprint density at radius 2 is 1.96 bits per heavy atom. The van der Waals surface area contributed by atoms with Gasteiger partial charge in [0.05, 0.1) is 29.4 Å². The molecule has 0 N–H and O–H groups in total. The summed E-state index contributed by atoms with van der Waals surface area (Å²) in [5.74, 6) is -0.347. The van der Waals surface area contributed by atoms with Gasteiger partial charge in [-0.25, -0.2) is 0 Å². The molecule has 0 aliphatic carbocycles. The van der Waals surface area contributed by atoms with Crippen LogP contribution in [0.1, 0.15) is 24.2 Å². The predicted octanol–water partition coefficient (Wildman–Crippen LogP) is 2.23. The van der Waals surface area contributed by atoms with Gasteiger partial charge in [-0.05, 0) is 32.0 Å². The molecular formula is C19H22N4O4. The van der Waals surface area contributed by atoms with Crippen LogP contribution in [0.2, 0.25) is 0 Å². The van der Waals surface area contributed by atoms with Crippen LogP contribution >= 0.6 is 0 Å². The first kappa shape index (κ1) is 18.8. The van der Waals surface area contributed by atoms with Crippen molar-refractivity contribution in [1.29, 1.82) is 0 Å². The minimum Gasteiger partial charge on any atom is -0.378 e. The van der Waals surface area contributed by atoms with Crippen LogP contribution in [0, 0.1) is 10.1 Å². The van der Waals surface area contributed by atoms with Gasteiger partial charge in [-0.3, -0.25) is 24.5 Å². The van der Waals surface area contributed by atoms with Crippen molar-refractivity contribution >= 4 is 17.3 Å². The highest BCUT2D eigenvalue weighted by atomic mass is 16.6. The van der Waals surface area contributed by atoms with Crippen molar-refractivity contribution in [3.63, 3.8) is 0 Å². The number of carbonyl (C=O) groups excluding carboxylic acids is 1. The van der Waals surface area contributed by atoms with Crippen molar-refractivity contribution in [2.24, 2.45) is 4.99 Å². The third-order valence-electron chi connectivity index (χ3n) is 4.22. The molecule has 1 saturated heterocycles. The molecule has 0 atom stereocenters. The van der Waals surface area contributed by atoms with Gasteiger partial charge in [0.1, 0.15) is 5.49 Å². The van der Waals surface area contributed by atoms with Gasteiger partial charge in [0.2, 0.25) is 0 Å². The van der Waals surface area contributed by atoms with Gasteiger partial charge >= 0.3 is 0 Å². The fourth-order valence-corrected chi connectivity index (χ4v) is 2.99. The Morgan fingerprint density at radius 1 is 1.22 bits per heavy atom. The number of nitrogens with zero attached hydrogens (tertiary/aromatic N) is 4. The van der Waals surface area contributed by atoms with Crippen LogP contribution in [0.25, 0.3) is 0 Å². The molecule has 0 unspecified atom stereocenters. The smallest absolute Gasteiger partial charge is 0.270 e. The topological polar surface area (TPSA) is 90.0 Å². The molecule has 1 aromatic carbocycles. The maximum atomic E-state index is 13.3. The number of morpholine rings is 1. The Kier molecular flexibility index (Phi) is 5.66. The Bertz CT molecular complexity index is 914. The highest BCUT2D eigenvalue weighted by Crippen LogP contribution is 2.27. The molecule has 1 aromatic heterocycles. The van der Waals surface area contributed by atoms with Gasteiger partial charge in [0.15, 0.2) is 0 Å². The van der Waals surface area contributed by atoms with Crippen molar-refractivity contribution in [3.05, 3.63) is 63.8 Å². The summed E-state index contributed by atoms with van der Waals surface area (Å²) < 4.78 is 6.81. The van der Waals surface area contributed by atoms with E-state index >= 15 is 0 Å². The summed E-state index contributed by atoms with van der Waals surface area (Å²) >= 11 is 0. The van der Waals surface area contributed by atoms with Gasteiger partial charge in [0.25, 0.3) is 11.6 Å². The quantitative estimate of drug-likeness (QED) is 0.608. The van der Waals surface area contributed by atoms with Gasteiger partial charge in [-0.1, -0.05) is 6.07 Å². The van der Waals surface area contributed by atoms with Gasteiger partial charge in [0, 0.05) is 37.5 Å². The second-order valence-electron chi connectivity index (χ2n) is 6.51. The molecule has 2 heterocycles. The molecule has 1 aliphatic heterocycles. The number of aromatic nitrogens is 1. The monoisotopic (exact) mass is 370 g/mol. The minimum absolute atomic E-state index is 0.00951. The minimum atomic E-state index is -0.491. The number of carbonyl (C=O) groups is 1. The van der Waals surface area contributed by atoms with Crippen molar-refractivity contribution in [1.82, 2.24) is 4.57 Å².